The molecule has 0 aliphatic carbocycles. The van der Waals surface area contributed by atoms with Crippen LogP contribution in [-0.2, 0) is 27.7 Å². The average Bonchev–Trinajstić information content (AvgIpc) is 3.01. The normalized spacial score (nSPS) is 11.3. The fourth-order valence-corrected chi connectivity index (χ4v) is 2.98. The molecule has 3 aromatic rings. The van der Waals surface area contributed by atoms with Crippen LogP contribution in [-0.4, -0.2) is 30.4 Å². The molecule has 3 rings (SSSR count). The minimum Gasteiger partial charge on any atom is -0.388 e. The lowest BCUT2D eigenvalue weighted by atomic mass is 10.2. The Bertz CT molecular complexity index is 1100. The molecule has 0 unspecified atom stereocenters. The van der Waals surface area contributed by atoms with Crippen LogP contribution >= 0.6 is 0 Å². The molecular weight excluding hydrogens is 370 g/mol. The number of rotatable bonds is 6. The van der Waals surface area contributed by atoms with Crippen molar-refractivity contribution in [2.45, 2.75) is 18.0 Å². The summed E-state index contributed by atoms with van der Waals surface area (Å²) in [7, 11) is -3.26. The third-order valence-electron chi connectivity index (χ3n) is 3.76. The van der Waals surface area contributed by atoms with Crippen molar-refractivity contribution in [2.75, 3.05) is 6.26 Å². The summed E-state index contributed by atoms with van der Waals surface area (Å²) < 4.78 is 28.9. The zero-order valence-corrected chi connectivity index (χ0v) is 15.3. The molecule has 0 saturated carbocycles. The van der Waals surface area contributed by atoms with Crippen molar-refractivity contribution in [3.05, 3.63) is 70.7 Å². The molecule has 1 aromatic heterocycles. The monoisotopic (exact) mass is 387 g/mol. The molecule has 0 aliphatic rings. The second kappa shape index (κ2) is 7.58. The van der Waals surface area contributed by atoms with E-state index >= 15 is 0 Å². The van der Waals surface area contributed by atoms with E-state index in [9.17, 15) is 18.0 Å². The number of carbonyl (C=O) groups excluding carboxylic acids is 1. The number of amides is 1. The van der Waals surface area contributed by atoms with Gasteiger partial charge in [0, 0.05) is 18.4 Å². The Hall–Kier alpha value is -3.20. The standard InChI is InChI=1S/C18H17N3O5S/c1-27(24,25)15-9-7-13(8-10-15)11-19-16(22)12-21-18(23)26-17(20-21)14-5-3-2-4-6-14/h2-10H,11-12H2,1H3,(H,19,22). The Morgan fingerprint density at radius 2 is 1.78 bits per heavy atom. The summed E-state index contributed by atoms with van der Waals surface area (Å²) in [6.07, 6.45) is 1.13. The molecule has 8 nitrogen and oxygen atoms in total. The third-order valence-corrected chi connectivity index (χ3v) is 4.89. The highest BCUT2D eigenvalue weighted by molar-refractivity contribution is 7.90. The Morgan fingerprint density at radius 3 is 2.41 bits per heavy atom. The molecule has 0 saturated heterocycles. The number of nitrogens with zero attached hydrogens (tertiary/aromatic N) is 2. The van der Waals surface area contributed by atoms with Gasteiger partial charge in [-0.05, 0) is 29.8 Å². The predicted molar refractivity (Wildman–Crippen MR) is 97.6 cm³/mol. The molecular formula is C18H17N3O5S. The highest BCUT2D eigenvalue weighted by atomic mass is 32.2. The SMILES string of the molecule is CS(=O)(=O)c1ccc(CNC(=O)Cn2nc(-c3ccccc3)oc2=O)cc1. The molecule has 9 heteroatoms. The van der Waals surface area contributed by atoms with E-state index in [0.29, 0.717) is 5.56 Å². The molecule has 140 valence electrons. The lowest BCUT2D eigenvalue weighted by molar-refractivity contribution is -0.122. The van der Waals surface area contributed by atoms with Crippen molar-refractivity contribution in [1.82, 2.24) is 15.1 Å². The third kappa shape index (κ3) is 4.70. The van der Waals surface area contributed by atoms with Crippen LogP contribution in [0.1, 0.15) is 5.56 Å². The predicted octanol–water partition coefficient (Wildman–Crippen LogP) is 1.22. The van der Waals surface area contributed by atoms with E-state index in [4.69, 9.17) is 4.42 Å². The van der Waals surface area contributed by atoms with Crippen molar-refractivity contribution in [3.8, 4) is 11.5 Å². The Kier molecular flexibility index (Phi) is 5.22. The second-order valence-electron chi connectivity index (χ2n) is 5.89. The summed E-state index contributed by atoms with van der Waals surface area (Å²) in [5, 5.41) is 6.68. The van der Waals surface area contributed by atoms with Crippen LogP contribution < -0.4 is 11.1 Å². The topological polar surface area (TPSA) is 111 Å². The fourth-order valence-electron chi connectivity index (χ4n) is 2.35. The number of nitrogens with one attached hydrogen (secondary N) is 1. The fraction of sp³-hybridized carbons (Fsp3) is 0.167. The van der Waals surface area contributed by atoms with Gasteiger partial charge in [0.05, 0.1) is 4.90 Å². The van der Waals surface area contributed by atoms with E-state index in [0.717, 1.165) is 16.5 Å². The molecule has 1 amide bonds. The van der Waals surface area contributed by atoms with Crippen LogP contribution in [0.25, 0.3) is 11.5 Å². The summed E-state index contributed by atoms with van der Waals surface area (Å²) >= 11 is 0. The van der Waals surface area contributed by atoms with Gasteiger partial charge in [0.2, 0.25) is 11.8 Å². The molecule has 2 aromatic carbocycles. The van der Waals surface area contributed by atoms with Gasteiger partial charge in [0.25, 0.3) is 0 Å². The van der Waals surface area contributed by atoms with Crippen LogP contribution in [0.3, 0.4) is 0 Å². The first-order valence-corrected chi connectivity index (χ1v) is 9.91. The first-order chi connectivity index (χ1) is 12.8. The van der Waals surface area contributed by atoms with Gasteiger partial charge in [0.15, 0.2) is 9.84 Å². The highest BCUT2D eigenvalue weighted by Crippen LogP contribution is 2.14. The summed E-state index contributed by atoms with van der Waals surface area (Å²) in [6.45, 7) is -0.0857. The van der Waals surface area contributed by atoms with Crippen LogP contribution in [0.5, 0.6) is 0 Å². The number of benzene rings is 2. The van der Waals surface area contributed by atoms with Crippen LogP contribution in [0.15, 0.2) is 68.7 Å². The number of sulfone groups is 1. The summed E-state index contributed by atoms with van der Waals surface area (Å²) in [6, 6.07) is 15.1. The van der Waals surface area contributed by atoms with Gasteiger partial charge in [-0.15, -0.1) is 5.10 Å². The molecule has 0 fully saturated rings. The maximum Gasteiger partial charge on any atom is 0.437 e. The molecule has 1 heterocycles. The van der Waals surface area contributed by atoms with Gasteiger partial charge in [-0.25, -0.2) is 13.2 Å². The number of hydrogen-bond donors (Lipinski definition) is 1. The highest BCUT2D eigenvalue weighted by Gasteiger charge is 2.13. The van der Waals surface area contributed by atoms with Gasteiger partial charge in [-0.2, -0.15) is 4.68 Å². The van der Waals surface area contributed by atoms with Gasteiger partial charge < -0.3 is 9.73 Å². The lowest BCUT2D eigenvalue weighted by Crippen LogP contribution is -2.31. The zero-order chi connectivity index (χ0) is 19.4. The molecule has 27 heavy (non-hydrogen) atoms. The molecule has 0 atom stereocenters. The molecule has 1 N–H and O–H groups in total. The minimum absolute atomic E-state index is 0.143. The first kappa shape index (κ1) is 18.6. The molecule has 0 bridgehead atoms. The van der Waals surface area contributed by atoms with Crippen molar-refractivity contribution in [3.63, 3.8) is 0 Å². The van der Waals surface area contributed by atoms with E-state index in [1.54, 1.807) is 36.4 Å². The quantitative estimate of drug-likeness (QED) is 0.681. The largest absolute Gasteiger partial charge is 0.437 e. The molecule has 0 spiro atoms. The number of aromatic nitrogens is 2. The van der Waals surface area contributed by atoms with Gasteiger partial charge in [-0.3, -0.25) is 4.79 Å². The Balaban J connectivity index is 1.61. The van der Waals surface area contributed by atoms with Gasteiger partial charge in [-0.1, -0.05) is 30.3 Å². The van der Waals surface area contributed by atoms with Crippen LogP contribution in [0.2, 0.25) is 0 Å². The number of carbonyl (C=O) groups is 1. The second-order valence-corrected chi connectivity index (χ2v) is 7.91. The zero-order valence-electron chi connectivity index (χ0n) is 14.5. The van der Waals surface area contributed by atoms with E-state index < -0.39 is 21.5 Å². The Labute approximate surface area is 155 Å². The summed E-state index contributed by atoms with van der Waals surface area (Å²) in [5.74, 6) is -0.997. The maximum absolute atomic E-state index is 12.1. The van der Waals surface area contributed by atoms with Crippen LogP contribution in [0.4, 0.5) is 0 Å². The molecule has 0 radical (unpaired) electrons. The first-order valence-electron chi connectivity index (χ1n) is 8.02. The smallest absolute Gasteiger partial charge is 0.388 e. The van der Waals surface area contributed by atoms with Crippen molar-refractivity contribution < 1.29 is 17.6 Å². The Morgan fingerprint density at radius 1 is 1.11 bits per heavy atom. The maximum atomic E-state index is 12.1. The minimum atomic E-state index is -3.26. The summed E-state index contributed by atoms with van der Waals surface area (Å²) in [4.78, 5) is 24.1. The molecule has 0 aliphatic heterocycles. The van der Waals surface area contributed by atoms with Crippen LogP contribution in [0, 0.1) is 0 Å². The van der Waals surface area contributed by atoms with Crippen molar-refractivity contribution in [2.24, 2.45) is 0 Å². The van der Waals surface area contributed by atoms with E-state index in [1.165, 1.54) is 12.1 Å². The summed E-state index contributed by atoms with van der Waals surface area (Å²) in [5.41, 5.74) is 1.37. The van der Waals surface area contributed by atoms with Crippen molar-refractivity contribution in [1.29, 1.82) is 0 Å². The van der Waals surface area contributed by atoms with Gasteiger partial charge >= 0.3 is 5.76 Å². The average molecular weight is 387 g/mol. The van der Waals surface area contributed by atoms with E-state index in [2.05, 4.69) is 10.4 Å². The lowest BCUT2D eigenvalue weighted by Gasteiger charge is -2.05. The van der Waals surface area contributed by atoms with Crippen molar-refractivity contribution >= 4 is 15.7 Å². The van der Waals surface area contributed by atoms with E-state index in [-0.39, 0.29) is 23.9 Å². The van der Waals surface area contributed by atoms with E-state index in [1.807, 2.05) is 6.07 Å². The number of hydrogen-bond acceptors (Lipinski definition) is 6. The van der Waals surface area contributed by atoms with Gasteiger partial charge in [0.1, 0.15) is 6.54 Å².